The normalized spacial score (nSPS) is 17.3. The van der Waals surface area contributed by atoms with Gasteiger partial charge in [0.15, 0.2) is 5.96 Å². The molecule has 0 spiro atoms. The quantitative estimate of drug-likeness (QED) is 0.343. The summed E-state index contributed by atoms with van der Waals surface area (Å²) in [4.78, 5) is 20.8. The highest BCUT2D eigenvalue weighted by Crippen LogP contribution is 2.18. The Morgan fingerprint density at radius 1 is 1.31 bits per heavy atom. The van der Waals surface area contributed by atoms with Crippen LogP contribution in [0.5, 0.6) is 0 Å². The molecule has 1 saturated heterocycles. The molecule has 2 aliphatic rings. The molecule has 0 bridgehead atoms. The molecule has 9 heteroatoms. The molecule has 0 aromatic heterocycles. The average molecular weight is 514 g/mol. The van der Waals surface area contributed by atoms with E-state index in [9.17, 15) is 9.18 Å². The number of carbonyl (C=O) groups is 1. The molecule has 1 aromatic carbocycles. The van der Waals surface area contributed by atoms with Crippen molar-refractivity contribution in [3.8, 4) is 6.07 Å². The van der Waals surface area contributed by atoms with Crippen molar-refractivity contribution >= 4 is 35.8 Å². The van der Waals surface area contributed by atoms with Crippen molar-refractivity contribution in [3.05, 3.63) is 35.1 Å². The van der Waals surface area contributed by atoms with Crippen molar-refractivity contribution in [3.63, 3.8) is 0 Å². The summed E-state index contributed by atoms with van der Waals surface area (Å²) in [6.07, 6.45) is 2.19. The molecule has 0 atom stereocenters. The fourth-order valence-electron chi connectivity index (χ4n) is 3.17. The van der Waals surface area contributed by atoms with Gasteiger partial charge in [0, 0.05) is 44.3 Å². The maximum atomic E-state index is 14.0. The molecule has 1 amide bonds. The number of hydrogen-bond acceptors (Lipinski definition) is 4. The van der Waals surface area contributed by atoms with Crippen LogP contribution in [-0.4, -0.2) is 67.0 Å². The van der Waals surface area contributed by atoms with Gasteiger partial charge in [-0.1, -0.05) is 0 Å². The first-order chi connectivity index (χ1) is 13.6. The second kappa shape index (κ2) is 11.3. The molecule has 7 nitrogen and oxygen atoms in total. The first-order valence-electron chi connectivity index (χ1n) is 9.82. The van der Waals surface area contributed by atoms with Crippen LogP contribution < -0.4 is 10.6 Å². The van der Waals surface area contributed by atoms with Gasteiger partial charge >= 0.3 is 0 Å². The summed E-state index contributed by atoms with van der Waals surface area (Å²) in [7, 11) is 0. The third-order valence-corrected chi connectivity index (χ3v) is 4.89. The van der Waals surface area contributed by atoms with E-state index in [0.717, 1.165) is 45.0 Å². The number of rotatable bonds is 6. The summed E-state index contributed by atoms with van der Waals surface area (Å²) in [6.45, 7) is 6.38. The van der Waals surface area contributed by atoms with E-state index in [-0.39, 0.29) is 42.2 Å². The van der Waals surface area contributed by atoms with Crippen LogP contribution in [0.3, 0.4) is 0 Å². The predicted molar refractivity (Wildman–Crippen MR) is 121 cm³/mol. The van der Waals surface area contributed by atoms with E-state index < -0.39 is 0 Å². The minimum Gasteiger partial charge on any atom is -0.357 e. The Morgan fingerprint density at radius 3 is 2.66 bits per heavy atom. The van der Waals surface area contributed by atoms with Crippen molar-refractivity contribution in [2.45, 2.75) is 32.4 Å². The van der Waals surface area contributed by atoms with Gasteiger partial charge < -0.3 is 15.5 Å². The molecule has 2 N–H and O–H groups in total. The van der Waals surface area contributed by atoms with Gasteiger partial charge in [-0.15, -0.1) is 24.0 Å². The zero-order valence-corrected chi connectivity index (χ0v) is 19.0. The predicted octanol–water partition coefficient (Wildman–Crippen LogP) is 1.68. The second-order valence-electron chi connectivity index (χ2n) is 7.19. The third-order valence-electron chi connectivity index (χ3n) is 4.89. The van der Waals surface area contributed by atoms with Gasteiger partial charge in [-0.3, -0.25) is 9.69 Å². The molecular formula is C20H28FIN6O. The molecule has 0 radical (unpaired) electrons. The number of benzene rings is 1. The van der Waals surface area contributed by atoms with Crippen LogP contribution in [0.15, 0.2) is 23.2 Å². The maximum Gasteiger partial charge on any atom is 0.234 e. The van der Waals surface area contributed by atoms with Gasteiger partial charge in [-0.25, -0.2) is 9.38 Å². The van der Waals surface area contributed by atoms with Gasteiger partial charge in [0.1, 0.15) is 5.82 Å². The lowest BCUT2D eigenvalue weighted by atomic mass is 10.1. The van der Waals surface area contributed by atoms with Crippen LogP contribution in [-0.2, 0) is 11.3 Å². The number of nitriles is 1. The fraction of sp³-hybridized carbons (Fsp3) is 0.550. The van der Waals surface area contributed by atoms with Gasteiger partial charge in [0.05, 0.1) is 24.7 Å². The molecule has 1 aliphatic heterocycles. The monoisotopic (exact) mass is 514 g/mol. The van der Waals surface area contributed by atoms with Crippen molar-refractivity contribution in [1.29, 1.82) is 5.26 Å². The minimum atomic E-state index is -0.356. The Morgan fingerprint density at radius 2 is 2.03 bits per heavy atom. The highest BCUT2D eigenvalue weighted by molar-refractivity contribution is 14.0. The Hall–Kier alpha value is -1.93. The summed E-state index contributed by atoms with van der Waals surface area (Å²) in [6, 6.07) is 6.73. The molecule has 29 heavy (non-hydrogen) atoms. The molecular weight excluding hydrogens is 486 g/mol. The largest absolute Gasteiger partial charge is 0.357 e. The van der Waals surface area contributed by atoms with E-state index in [2.05, 4.69) is 25.4 Å². The summed E-state index contributed by atoms with van der Waals surface area (Å²) >= 11 is 0. The molecule has 1 aromatic rings. The molecule has 1 saturated carbocycles. The number of aliphatic imine (C=N–C) groups is 1. The first kappa shape index (κ1) is 23.3. The van der Waals surface area contributed by atoms with Crippen LogP contribution in [0.1, 0.15) is 30.9 Å². The van der Waals surface area contributed by atoms with Crippen LogP contribution in [0.25, 0.3) is 0 Å². The molecule has 1 heterocycles. The topological polar surface area (TPSA) is 83.8 Å². The van der Waals surface area contributed by atoms with Gasteiger partial charge in [0.25, 0.3) is 0 Å². The number of hydrogen-bond donors (Lipinski definition) is 2. The van der Waals surface area contributed by atoms with E-state index in [1.165, 1.54) is 12.1 Å². The summed E-state index contributed by atoms with van der Waals surface area (Å²) < 4.78 is 14.0. The van der Waals surface area contributed by atoms with E-state index in [4.69, 9.17) is 5.26 Å². The van der Waals surface area contributed by atoms with E-state index in [1.54, 1.807) is 6.07 Å². The number of guanidine groups is 1. The molecule has 3 rings (SSSR count). The molecule has 158 valence electrons. The Labute approximate surface area is 188 Å². The zero-order valence-electron chi connectivity index (χ0n) is 16.7. The van der Waals surface area contributed by atoms with Crippen LogP contribution in [0.4, 0.5) is 4.39 Å². The minimum absolute atomic E-state index is 0. The lowest BCUT2D eigenvalue weighted by Gasteiger charge is -2.36. The van der Waals surface area contributed by atoms with Gasteiger partial charge in [-0.05, 0) is 38.0 Å². The zero-order chi connectivity index (χ0) is 19.9. The highest BCUT2D eigenvalue weighted by Gasteiger charge is 2.25. The lowest BCUT2D eigenvalue weighted by molar-refractivity contribution is -0.122. The number of piperazine rings is 1. The smallest absolute Gasteiger partial charge is 0.234 e. The SMILES string of the molecule is CCNC(=NCc1cc(C#N)ccc1F)N1CCN(CC(=O)NC2CC2)CC1.I. The van der Waals surface area contributed by atoms with Crippen LogP contribution in [0.2, 0.25) is 0 Å². The van der Waals surface area contributed by atoms with Crippen LogP contribution in [0, 0.1) is 17.1 Å². The van der Waals surface area contributed by atoms with E-state index >= 15 is 0 Å². The lowest BCUT2D eigenvalue weighted by Crippen LogP contribution is -2.54. The van der Waals surface area contributed by atoms with Crippen molar-refractivity contribution in [2.75, 3.05) is 39.3 Å². The van der Waals surface area contributed by atoms with Gasteiger partial charge in [0.2, 0.25) is 5.91 Å². The van der Waals surface area contributed by atoms with Crippen molar-refractivity contribution < 1.29 is 9.18 Å². The Kier molecular flexibility index (Phi) is 9.10. The number of halogens is 2. The fourth-order valence-corrected chi connectivity index (χ4v) is 3.17. The van der Waals surface area contributed by atoms with E-state index in [1.807, 2.05) is 13.0 Å². The van der Waals surface area contributed by atoms with E-state index in [0.29, 0.717) is 30.3 Å². The number of amides is 1. The van der Waals surface area contributed by atoms with Crippen LogP contribution >= 0.6 is 24.0 Å². The standard InChI is InChI=1S/C20H27FN6O.HI/c1-2-23-20(24-13-16-11-15(12-22)3-6-18(16)21)27-9-7-26(8-10-27)14-19(28)25-17-4-5-17;/h3,6,11,17H,2,4-5,7-10,13-14H2,1H3,(H,23,24)(H,25,28);1H. The average Bonchev–Trinajstić information content (AvgIpc) is 3.51. The number of carbonyl (C=O) groups excluding carboxylic acids is 1. The summed E-state index contributed by atoms with van der Waals surface area (Å²) in [5.41, 5.74) is 0.833. The molecule has 0 unspecified atom stereocenters. The highest BCUT2D eigenvalue weighted by atomic mass is 127. The summed E-state index contributed by atoms with van der Waals surface area (Å²) in [5, 5.41) is 15.3. The number of nitrogens with one attached hydrogen (secondary N) is 2. The first-order valence-corrected chi connectivity index (χ1v) is 9.82. The second-order valence-corrected chi connectivity index (χ2v) is 7.19. The third kappa shape index (κ3) is 7.12. The molecule has 1 aliphatic carbocycles. The Balaban J connectivity index is 0.00000300. The van der Waals surface area contributed by atoms with Crippen molar-refractivity contribution in [2.24, 2.45) is 4.99 Å². The number of nitrogens with zero attached hydrogens (tertiary/aromatic N) is 4. The maximum absolute atomic E-state index is 14.0. The summed E-state index contributed by atoms with van der Waals surface area (Å²) in [5.74, 6) is 0.473. The van der Waals surface area contributed by atoms with Gasteiger partial charge in [-0.2, -0.15) is 5.26 Å². The van der Waals surface area contributed by atoms with Crippen molar-refractivity contribution in [1.82, 2.24) is 20.4 Å². The Bertz CT molecular complexity index is 769. The molecule has 2 fully saturated rings.